The van der Waals surface area contributed by atoms with E-state index in [4.69, 9.17) is 9.84 Å². The van der Waals surface area contributed by atoms with E-state index >= 15 is 0 Å². The molecule has 2 N–H and O–H groups in total. The average molecular weight is 528 g/mol. The predicted octanol–water partition coefficient (Wildman–Crippen LogP) is 7.40. The fourth-order valence-electron chi connectivity index (χ4n) is 4.03. The van der Waals surface area contributed by atoms with Crippen LogP contribution in [0.2, 0.25) is 0 Å². The van der Waals surface area contributed by atoms with Crippen LogP contribution in [0.15, 0.2) is 66.7 Å². The minimum atomic E-state index is -4.37. The van der Waals surface area contributed by atoms with Crippen molar-refractivity contribution in [1.29, 1.82) is 0 Å². The number of carbonyl (C=O) groups is 2. The molecule has 3 aromatic carbocycles. The average Bonchev–Trinajstić information content (AvgIpc) is 2.86. The molecule has 202 valence electrons. The maximum absolute atomic E-state index is 12.9. The van der Waals surface area contributed by atoms with Gasteiger partial charge < -0.3 is 15.2 Å². The third kappa shape index (κ3) is 7.37. The molecule has 5 nitrogen and oxygen atoms in total. The first-order valence-electron chi connectivity index (χ1n) is 12.4. The van der Waals surface area contributed by atoms with Gasteiger partial charge in [0, 0.05) is 17.7 Å². The van der Waals surface area contributed by atoms with E-state index in [9.17, 15) is 22.8 Å². The highest BCUT2D eigenvalue weighted by Crippen LogP contribution is 2.36. The Morgan fingerprint density at radius 3 is 2.00 bits per heavy atom. The minimum Gasteiger partial charge on any atom is -0.485 e. The molecule has 0 spiro atoms. The number of aliphatic carboxylic acids is 1. The van der Waals surface area contributed by atoms with Gasteiger partial charge in [-0.3, -0.25) is 9.59 Å². The standard InChI is InChI=1S/C30H32F3NO4/c1-5-25(21-8-6-19(7-9-21)20-10-13-23(14-11-20)30(31,32)33)38-26-15-12-22(18-24(26)29(2,3)4)28(37)34-17-16-27(35)36/h6-15,18,25H,5,16-17H2,1-4H3,(H,34,37)(H,35,36). The molecule has 8 heteroatoms. The van der Waals surface area contributed by atoms with Crippen molar-refractivity contribution >= 4 is 11.9 Å². The molecule has 0 saturated carbocycles. The molecule has 1 amide bonds. The number of halogens is 3. The maximum atomic E-state index is 12.9. The second-order valence-corrected chi connectivity index (χ2v) is 10.1. The van der Waals surface area contributed by atoms with Crippen molar-refractivity contribution < 1.29 is 32.6 Å². The van der Waals surface area contributed by atoms with Crippen LogP contribution in [0, 0.1) is 0 Å². The van der Waals surface area contributed by atoms with E-state index in [1.165, 1.54) is 12.1 Å². The lowest BCUT2D eigenvalue weighted by molar-refractivity contribution is -0.138. The van der Waals surface area contributed by atoms with Crippen LogP contribution in [0.4, 0.5) is 13.2 Å². The molecular formula is C30H32F3NO4. The Labute approximate surface area is 220 Å². The third-order valence-electron chi connectivity index (χ3n) is 6.14. The number of amides is 1. The van der Waals surface area contributed by atoms with Gasteiger partial charge >= 0.3 is 12.1 Å². The van der Waals surface area contributed by atoms with Crippen LogP contribution in [-0.2, 0) is 16.4 Å². The predicted molar refractivity (Wildman–Crippen MR) is 140 cm³/mol. The van der Waals surface area contributed by atoms with Gasteiger partial charge in [0.05, 0.1) is 12.0 Å². The second kappa shape index (κ2) is 11.7. The minimum absolute atomic E-state index is 0.0393. The molecule has 0 radical (unpaired) electrons. The largest absolute Gasteiger partial charge is 0.485 e. The van der Waals surface area contributed by atoms with E-state index in [2.05, 4.69) is 5.32 Å². The van der Waals surface area contributed by atoms with Crippen molar-refractivity contribution in [2.45, 2.75) is 58.2 Å². The monoisotopic (exact) mass is 527 g/mol. The summed E-state index contributed by atoms with van der Waals surface area (Å²) in [4.78, 5) is 23.3. The summed E-state index contributed by atoms with van der Waals surface area (Å²) >= 11 is 0. The Hall–Kier alpha value is -3.81. The Morgan fingerprint density at radius 1 is 0.921 bits per heavy atom. The van der Waals surface area contributed by atoms with Gasteiger partial charge in [-0.1, -0.05) is 64.1 Å². The number of nitrogens with one attached hydrogen (secondary N) is 1. The van der Waals surface area contributed by atoms with E-state index in [1.807, 2.05) is 52.0 Å². The highest BCUT2D eigenvalue weighted by Gasteiger charge is 2.30. The van der Waals surface area contributed by atoms with Gasteiger partial charge in [-0.25, -0.2) is 0 Å². The van der Waals surface area contributed by atoms with Crippen LogP contribution in [0.5, 0.6) is 5.75 Å². The molecule has 0 fully saturated rings. The zero-order valence-electron chi connectivity index (χ0n) is 21.9. The first-order valence-corrected chi connectivity index (χ1v) is 12.4. The number of ether oxygens (including phenoxy) is 1. The summed E-state index contributed by atoms with van der Waals surface area (Å²) in [5.74, 6) is -0.699. The van der Waals surface area contributed by atoms with Crippen molar-refractivity contribution in [3.8, 4) is 16.9 Å². The van der Waals surface area contributed by atoms with Crippen LogP contribution in [-0.4, -0.2) is 23.5 Å². The van der Waals surface area contributed by atoms with Crippen LogP contribution in [0.3, 0.4) is 0 Å². The molecule has 0 aliphatic rings. The smallest absolute Gasteiger partial charge is 0.416 e. The quantitative estimate of drug-likeness (QED) is 0.304. The molecule has 3 aromatic rings. The second-order valence-electron chi connectivity index (χ2n) is 10.1. The van der Waals surface area contributed by atoms with Gasteiger partial charge in [0.15, 0.2) is 0 Å². The fourth-order valence-corrected chi connectivity index (χ4v) is 4.03. The summed E-state index contributed by atoms with van der Waals surface area (Å²) in [7, 11) is 0. The van der Waals surface area contributed by atoms with E-state index in [0.29, 0.717) is 23.3 Å². The van der Waals surface area contributed by atoms with Gasteiger partial charge in [-0.15, -0.1) is 0 Å². The van der Waals surface area contributed by atoms with Gasteiger partial charge in [0.1, 0.15) is 11.9 Å². The van der Waals surface area contributed by atoms with E-state index < -0.39 is 17.7 Å². The molecule has 38 heavy (non-hydrogen) atoms. The lowest BCUT2D eigenvalue weighted by Crippen LogP contribution is -2.26. The van der Waals surface area contributed by atoms with Crippen molar-refractivity contribution in [3.05, 3.63) is 89.0 Å². The summed E-state index contributed by atoms with van der Waals surface area (Å²) < 4.78 is 45.0. The number of hydrogen-bond donors (Lipinski definition) is 2. The number of rotatable bonds is 9. The first-order chi connectivity index (χ1) is 17.8. The summed E-state index contributed by atoms with van der Waals surface area (Å²) in [6.07, 6.45) is -4.15. The SMILES string of the molecule is CCC(Oc1ccc(C(=O)NCCC(=O)O)cc1C(C)(C)C)c1ccc(-c2ccc(C(F)(F)F)cc2)cc1. The molecule has 0 aromatic heterocycles. The lowest BCUT2D eigenvalue weighted by Gasteiger charge is -2.27. The number of carboxylic acids is 1. The molecule has 0 bridgehead atoms. The number of alkyl halides is 3. The molecular weight excluding hydrogens is 495 g/mol. The van der Waals surface area contributed by atoms with Gasteiger partial charge in [0.25, 0.3) is 5.91 Å². The molecule has 0 saturated heterocycles. The fraction of sp³-hybridized carbons (Fsp3) is 0.333. The zero-order valence-corrected chi connectivity index (χ0v) is 21.9. The van der Waals surface area contributed by atoms with Crippen LogP contribution in [0.25, 0.3) is 11.1 Å². The van der Waals surface area contributed by atoms with Gasteiger partial charge in [-0.2, -0.15) is 13.2 Å². The summed E-state index contributed by atoms with van der Waals surface area (Å²) in [6.45, 7) is 8.08. The van der Waals surface area contributed by atoms with Crippen LogP contribution in [0.1, 0.15) is 73.7 Å². The highest BCUT2D eigenvalue weighted by atomic mass is 19.4. The van der Waals surface area contributed by atoms with E-state index in [0.717, 1.165) is 28.8 Å². The summed E-state index contributed by atoms with van der Waals surface area (Å²) in [5, 5.41) is 11.4. The van der Waals surface area contributed by atoms with Gasteiger partial charge in [0.2, 0.25) is 0 Å². The molecule has 3 rings (SSSR count). The lowest BCUT2D eigenvalue weighted by atomic mass is 9.85. The van der Waals surface area contributed by atoms with Crippen molar-refractivity contribution in [3.63, 3.8) is 0 Å². The van der Waals surface area contributed by atoms with Crippen molar-refractivity contribution in [1.82, 2.24) is 5.32 Å². The Kier molecular flexibility index (Phi) is 8.86. The van der Waals surface area contributed by atoms with Crippen LogP contribution >= 0.6 is 0 Å². The molecule has 0 aliphatic heterocycles. The molecule has 1 unspecified atom stereocenters. The number of benzene rings is 3. The Morgan fingerprint density at radius 2 is 1.50 bits per heavy atom. The Bertz CT molecular complexity index is 1260. The number of carbonyl (C=O) groups excluding carboxylic acids is 1. The number of hydrogen-bond acceptors (Lipinski definition) is 3. The molecule has 1 atom stereocenters. The normalized spacial score (nSPS) is 12.6. The van der Waals surface area contributed by atoms with Gasteiger partial charge in [-0.05, 0) is 58.9 Å². The maximum Gasteiger partial charge on any atom is 0.416 e. The van der Waals surface area contributed by atoms with E-state index in [-0.39, 0.29) is 30.4 Å². The highest BCUT2D eigenvalue weighted by molar-refractivity contribution is 5.94. The summed E-state index contributed by atoms with van der Waals surface area (Å²) in [5.41, 5.74) is 2.63. The third-order valence-corrected chi connectivity index (χ3v) is 6.14. The molecule has 0 heterocycles. The van der Waals surface area contributed by atoms with Crippen LogP contribution < -0.4 is 10.1 Å². The molecule has 0 aliphatic carbocycles. The zero-order chi connectivity index (χ0) is 28.1. The van der Waals surface area contributed by atoms with Crippen molar-refractivity contribution in [2.24, 2.45) is 0 Å². The van der Waals surface area contributed by atoms with Crippen molar-refractivity contribution in [2.75, 3.05) is 6.54 Å². The number of carboxylic acid groups (broad SMARTS) is 1. The summed E-state index contributed by atoms with van der Waals surface area (Å²) in [6, 6.07) is 17.8. The topological polar surface area (TPSA) is 75.6 Å². The Balaban J connectivity index is 1.80. The van der Waals surface area contributed by atoms with E-state index in [1.54, 1.807) is 18.2 Å². The first kappa shape index (κ1) is 28.8.